The highest BCUT2D eigenvalue weighted by molar-refractivity contribution is 5.53. The van der Waals surface area contributed by atoms with E-state index in [1.807, 2.05) is 6.92 Å². The van der Waals surface area contributed by atoms with Crippen LogP contribution in [0.1, 0.15) is 39.5 Å². The summed E-state index contributed by atoms with van der Waals surface area (Å²) in [4.78, 5) is 10.5. The predicted octanol–water partition coefficient (Wildman–Crippen LogP) is 3.51. The second-order valence-electron chi connectivity index (χ2n) is 4.50. The number of hydrogen-bond acceptors (Lipinski definition) is 1. The quantitative estimate of drug-likeness (QED) is 0.492. The average Bonchev–Trinajstić information content (AvgIpc) is 2.18. The summed E-state index contributed by atoms with van der Waals surface area (Å²) in [6.07, 6.45) is 7.79. The Balaban J connectivity index is 2.44. The topological polar surface area (TPSA) is 17.1 Å². The van der Waals surface area contributed by atoms with Gasteiger partial charge in [-0.2, -0.15) is 0 Å². The van der Waals surface area contributed by atoms with Crippen LogP contribution in [-0.2, 0) is 4.79 Å². The monoisotopic (exact) mass is 192 g/mol. The minimum Gasteiger partial charge on any atom is -0.303 e. The van der Waals surface area contributed by atoms with Crippen molar-refractivity contribution in [1.29, 1.82) is 0 Å². The molecule has 0 aromatic rings. The van der Waals surface area contributed by atoms with E-state index in [2.05, 4.69) is 19.6 Å². The van der Waals surface area contributed by atoms with Gasteiger partial charge in [0.2, 0.25) is 0 Å². The number of hydrogen-bond donors (Lipinski definition) is 0. The standard InChI is InChI=1S/C13H20O/c1-10(2)13-6-4-12(5-7-13)8-11(3)9-14/h4,9,11,13H,1,5-8H2,2-3H3. The van der Waals surface area contributed by atoms with Crippen LogP contribution in [0.25, 0.3) is 0 Å². The lowest BCUT2D eigenvalue weighted by Gasteiger charge is -2.22. The lowest BCUT2D eigenvalue weighted by Crippen LogP contribution is -2.08. The Bertz CT molecular complexity index is 250. The van der Waals surface area contributed by atoms with E-state index in [4.69, 9.17) is 0 Å². The van der Waals surface area contributed by atoms with Gasteiger partial charge in [-0.3, -0.25) is 0 Å². The van der Waals surface area contributed by atoms with Crippen LogP contribution in [0.3, 0.4) is 0 Å². The van der Waals surface area contributed by atoms with Crippen LogP contribution in [0.5, 0.6) is 0 Å². The predicted molar refractivity (Wildman–Crippen MR) is 60.1 cm³/mol. The lowest BCUT2D eigenvalue weighted by molar-refractivity contribution is -0.110. The first-order valence-electron chi connectivity index (χ1n) is 5.42. The van der Waals surface area contributed by atoms with Gasteiger partial charge in [0.05, 0.1) is 0 Å². The van der Waals surface area contributed by atoms with Crippen molar-refractivity contribution in [3.8, 4) is 0 Å². The van der Waals surface area contributed by atoms with Crippen LogP contribution >= 0.6 is 0 Å². The minimum atomic E-state index is 0.183. The molecule has 0 fully saturated rings. The molecule has 78 valence electrons. The van der Waals surface area contributed by atoms with Gasteiger partial charge in [0.25, 0.3) is 0 Å². The molecule has 0 spiro atoms. The van der Waals surface area contributed by atoms with E-state index in [0.717, 1.165) is 25.5 Å². The van der Waals surface area contributed by atoms with Crippen molar-refractivity contribution in [2.45, 2.75) is 39.5 Å². The third-order valence-corrected chi connectivity index (χ3v) is 3.02. The highest BCUT2D eigenvalue weighted by Crippen LogP contribution is 2.30. The lowest BCUT2D eigenvalue weighted by atomic mass is 9.83. The van der Waals surface area contributed by atoms with Crippen molar-refractivity contribution in [3.05, 3.63) is 23.8 Å². The van der Waals surface area contributed by atoms with E-state index < -0.39 is 0 Å². The van der Waals surface area contributed by atoms with Crippen molar-refractivity contribution in [2.24, 2.45) is 11.8 Å². The molecule has 0 aromatic heterocycles. The van der Waals surface area contributed by atoms with E-state index in [1.54, 1.807) is 0 Å². The summed E-state index contributed by atoms with van der Waals surface area (Å²) >= 11 is 0. The zero-order chi connectivity index (χ0) is 10.6. The molecule has 0 saturated carbocycles. The third-order valence-electron chi connectivity index (χ3n) is 3.02. The molecule has 1 heteroatoms. The summed E-state index contributed by atoms with van der Waals surface area (Å²) in [5.41, 5.74) is 2.76. The molecule has 1 nitrogen and oxygen atoms in total. The maximum atomic E-state index is 10.5. The van der Waals surface area contributed by atoms with Crippen LogP contribution in [0.4, 0.5) is 0 Å². The van der Waals surface area contributed by atoms with Gasteiger partial charge < -0.3 is 4.79 Å². The smallest absolute Gasteiger partial charge is 0.123 e. The Labute approximate surface area is 86.9 Å². The van der Waals surface area contributed by atoms with Gasteiger partial charge in [-0.25, -0.2) is 0 Å². The molecule has 0 N–H and O–H groups in total. The van der Waals surface area contributed by atoms with Gasteiger partial charge in [-0.05, 0) is 38.5 Å². The Hall–Kier alpha value is -0.850. The fourth-order valence-corrected chi connectivity index (χ4v) is 1.98. The highest BCUT2D eigenvalue weighted by Gasteiger charge is 2.15. The summed E-state index contributed by atoms with van der Waals surface area (Å²) in [7, 11) is 0. The first-order valence-corrected chi connectivity index (χ1v) is 5.42. The van der Waals surface area contributed by atoms with Crippen LogP contribution < -0.4 is 0 Å². The van der Waals surface area contributed by atoms with Gasteiger partial charge >= 0.3 is 0 Å². The molecule has 1 aliphatic carbocycles. The molecule has 0 heterocycles. The highest BCUT2D eigenvalue weighted by atomic mass is 16.1. The second kappa shape index (κ2) is 5.14. The SMILES string of the molecule is C=C(C)C1CC=C(CC(C)C=O)CC1. The molecular formula is C13H20O. The zero-order valence-corrected chi connectivity index (χ0v) is 9.25. The van der Waals surface area contributed by atoms with Crippen LogP contribution in [0.2, 0.25) is 0 Å². The van der Waals surface area contributed by atoms with E-state index in [1.165, 1.54) is 17.6 Å². The zero-order valence-electron chi connectivity index (χ0n) is 9.25. The Morgan fingerprint density at radius 1 is 1.79 bits per heavy atom. The Morgan fingerprint density at radius 3 is 2.93 bits per heavy atom. The maximum Gasteiger partial charge on any atom is 0.123 e. The maximum absolute atomic E-state index is 10.5. The normalized spacial score (nSPS) is 23.9. The van der Waals surface area contributed by atoms with Crippen LogP contribution in [0.15, 0.2) is 23.8 Å². The number of aldehydes is 1. The van der Waals surface area contributed by atoms with Gasteiger partial charge in [-0.15, -0.1) is 0 Å². The summed E-state index contributed by atoms with van der Waals surface area (Å²) < 4.78 is 0. The number of allylic oxidation sites excluding steroid dienone is 3. The van der Waals surface area contributed by atoms with Crippen LogP contribution in [0, 0.1) is 11.8 Å². The van der Waals surface area contributed by atoms with Gasteiger partial charge in [0, 0.05) is 5.92 Å². The molecule has 0 saturated heterocycles. The number of carbonyl (C=O) groups is 1. The van der Waals surface area contributed by atoms with E-state index in [-0.39, 0.29) is 5.92 Å². The summed E-state index contributed by atoms with van der Waals surface area (Å²) in [6, 6.07) is 0. The molecule has 0 radical (unpaired) electrons. The van der Waals surface area contributed by atoms with Gasteiger partial charge in [-0.1, -0.05) is 30.7 Å². The molecule has 14 heavy (non-hydrogen) atoms. The third kappa shape index (κ3) is 3.13. The van der Waals surface area contributed by atoms with Crippen molar-refractivity contribution in [2.75, 3.05) is 0 Å². The van der Waals surface area contributed by atoms with Crippen molar-refractivity contribution >= 4 is 6.29 Å². The first kappa shape index (κ1) is 11.2. The molecule has 0 amide bonds. The molecule has 0 bridgehead atoms. The summed E-state index contributed by atoms with van der Waals surface area (Å²) in [6.45, 7) is 8.09. The molecule has 0 aromatic carbocycles. The molecule has 2 atom stereocenters. The molecule has 2 unspecified atom stereocenters. The van der Waals surface area contributed by atoms with Crippen molar-refractivity contribution in [1.82, 2.24) is 0 Å². The number of carbonyl (C=O) groups excluding carboxylic acids is 1. The molecular weight excluding hydrogens is 172 g/mol. The molecule has 0 aliphatic heterocycles. The van der Waals surface area contributed by atoms with Crippen molar-refractivity contribution < 1.29 is 4.79 Å². The van der Waals surface area contributed by atoms with Crippen LogP contribution in [-0.4, -0.2) is 6.29 Å². The molecule has 1 rings (SSSR count). The van der Waals surface area contributed by atoms with E-state index >= 15 is 0 Å². The fourth-order valence-electron chi connectivity index (χ4n) is 1.98. The Kier molecular flexibility index (Phi) is 4.12. The van der Waals surface area contributed by atoms with E-state index in [0.29, 0.717) is 5.92 Å². The Morgan fingerprint density at radius 2 is 2.50 bits per heavy atom. The largest absolute Gasteiger partial charge is 0.303 e. The second-order valence-corrected chi connectivity index (χ2v) is 4.50. The first-order chi connectivity index (χ1) is 6.63. The van der Waals surface area contributed by atoms with E-state index in [9.17, 15) is 4.79 Å². The molecule has 1 aliphatic rings. The van der Waals surface area contributed by atoms with Gasteiger partial charge in [0.15, 0.2) is 0 Å². The minimum absolute atomic E-state index is 0.183. The van der Waals surface area contributed by atoms with Crippen molar-refractivity contribution in [3.63, 3.8) is 0 Å². The van der Waals surface area contributed by atoms with Gasteiger partial charge in [0.1, 0.15) is 6.29 Å². The fraction of sp³-hybridized carbons (Fsp3) is 0.615. The number of rotatable bonds is 4. The summed E-state index contributed by atoms with van der Waals surface area (Å²) in [5.74, 6) is 0.855. The summed E-state index contributed by atoms with van der Waals surface area (Å²) in [5, 5.41) is 0. The average molecular weight is 192 g/mol.